The number of carbonyl (C=O) groups excluding carboxylic acids is 1. The number of benzene rings is 2. The summed E-state index contributed by atoms with van der Waals surface area (Å²) in [6.07, 6.45) is 1.64. The lowest BCUT2D eigenvalue weighted by Gasteiger charge is -2.20. The van der Waals surface area contributed by atoms with Gasteiger partial charge in [-0.05, 0) is 55.6 Å². The number of rotatable bonds is 1. The van der Waals surface area contributed by atoms with Gasteiger partial charge < -0.3 is 5.11 Å². The van der Waals surface area contributed by atoms with Crippen LogP contribution in [0, 0.1) is 0 Å². The Morgan fingerprint density at radius 3 is 2.43 bits per heavy atom. The van der Waals surface area contributed by atoms with Crippen LogP contribution in [0.1, 0.15) is 21.8 Å². The van der Waals surface area contributed by atoms with E-state index in [1.54, 1.807) is 12.3 Å². The van der Waals surface area contributed by atoms with E-state index in [9.17, 15) is 9.90 Å². The van der Waals surface area contributed by atoms with Crippen molar-refractivity contribution in [2.75, 3.05) is 0 Å². The largest absolute Gasteiger partial charge is 0.506 e. The Labute approximate surface area is 146 Å². The molecule has 1 heterocycles. The van der Waals surface area contributed by atoms with Gasteiger partial charge in [-0.3, -0.25) is 9.79 Å². The van der Waals surface area contributed by atoms with Gasteiger partial charge in [-0.2, -0.15) is 0 Å². The molecule has 1 N–H and O–H groups in total. The van der Waals surface area contributed by atoms with E-state index < -0.39 is 5.92 Å². The Kier molecular flexibility index (Phi) is 4.03. The van der Waals surface area contributed by atoms with E-state index >= 15 is 0 Å². The highest BCUT2D eigenvalue weighted by Crippen LogP contribution is 2.44. The fourth-order valence-electron chi connectivity index (χ4n) is 2.22. The maximum atomic E-state index is 12.7. The number of hydrogen-bond donors (Lipinski definition) is 1. The number of Topliss-reactive ketones (excluding diaryl/α,β-unsaturated/α-hetero) is 1. The van der Waals surface area contributed by atoms with Gasteiger partial charge in [-0.15, -0.1) is 0 Å². The molecule has 2 aromatic carbocycles. The number of nitrogens with zero attached hydrogens (tertiary/aromatic N) is 1. The molecule has 0 aliphatic carbocycles. The van der Waals surface area contributed by atoms with Crippen LogP contribution >= 0.6 is 47.8 Å². The van der Waals surface area contributed by atoms with Gasteiger partial charge in [0.2, 0.25) is 0 Å². The monoisotopic (exact) mass is 471 g/mol. The van der Waals surface area contributed by atoms with Crippen LogP contribution in [0.3, 0.4) is 0 Å². The molecular formula is C15H8Br3NO2. The summed E-state index contributed by atoms with van der Waals surface area (Å²) in [6.45, 7) is 0. The molecule has 0 spiro atoms. The van der Waals surface area contributed by atoms with Crippen molar-refractivity contribution < 1.29 is 9.90 Å². The Morgan fingerprint density at radius 1 is 1.10 bits per heavy atom. The Bertz CT molecular complexity index is 769. The molecule has 0 amide bonds. The first kappa shape index (κ1) is 14.9. The van der Waals surface area contributed by atoms with Crippen LogP contribution in [-0.2, 0) is 0 Å². The van der Waals surface area contributed by atoms with Gasteiger partial charge in [0.1, 0.15) is 5.75 Å². The van der Waals surface area contributed by atoms with Crippen molar-refractivity contribution in [3.63, 3.8) is 0 Å². The minimum absolute atomic E-state index is 0.00811. The van der Waals surface area contributed by atoms with Crippen molar-refractivity contribution in [2.24, 2.45) is 4.99 Å². The number of fused-ring (bicyclic) bond motifs is 1. The van der Waals surface area contributed by atoms with Gasteiger partial charge in [0.15, 0.2) is 5.78 Å². The van der Waals surface area contributed by atoms with Gasteiger partial charge in [0.05, 0.1) is 26.1 Å². The first-order valence-electron chi connectivity index (χ1n) is 6.04. The highest BCUT2D eigenvalue weighted by molar-refractivity contribution is 9.11. The molecule has 0 bridgehead atoms. The number of aliphatic imine (C=N–C) groups is 1. The van der Waals surface area contributed by atoms with Crippen molar-refractivity contribution in [1.29, 1.82) is 0 Å². The minimum Gasteiger partial charge on any atom is -0.506 e. The summed E-state index contributed by atoms with van der Waals surface area (Å²) in [5.74, 6) is -0.520. The second-order valence-electron chi connectivity index (χ2n) is 4.59. The summed E-state index contributed by atoms with van der Waals surface area (Å²) in [5.41, 5.74) is 1.82. The van der Waals surface area contributed by atoms with Crippen molar-refractivity contribution >= 4 is 65.5 Å². The highest BCUT2D eigenvalue weighted by Gasteiger charge is 2.30. The molecule has 0 fully saturated rings. The summed E-state index contributed by atoms with van der Waals surface area (Å²) >= 11 is 9.90. The van der Waals surface area contributed by atoms with Crippen molar-refractivity contribution in [3.8, 4) is 5.75 Å². The number of aromatic hydroxyl groups is 1. The van der Waals surface area contributed by atoms with Gasteiger partial charge in [-0.25, -0.2) is 0 Å². The number of phenolic OH excluding ortho intramolecular Hbond substituents is 1. The predicted octanol–water partition coefficient (Wildman–Crippen LogP) is 5.36. The van der Waals surface area contributed by atoms with Crippen LogP contribution in [0.2, 0.25) is 0 Å². The predicted molar refractivity (Wildman–Crippen MR) is 92.9 cm³/mol. The van der Waals surface area contributed by atoms with Crippen LogP contribution in [0.15, 0.2) is 48.7 Å². The normalized spacial score (nSPS) is 16.9. The van der Waals surface area contributed by atoms with Gasteiger partial charge in [-0.1, -0.05) is 28.1 Å². The lowest BCUT2D eigenvalue weighted by atomic mass is 9.89. The molecule has 0 saturated carbocycles. The molecule has 0 radical (unpaired) electrons. The molecule has 1 atom stereocenters. The Morgan fingerprint density at radius 2 is 1.76 bits per heavy atom. The lowest BCUT2D eigenvalue weighted by Crippen LogP contribution is -2.18. The maximum Gasteiger partial charge on any atom is 0.179 e. The molecule has 106 valence electrons. The molecule has 1 aliphatic heterocycles. The summed E-state index contributed by atoms with van der Waals surface area (Å²) in [4.78, 5) is 17.1. The molecule has 3 nitrogen and oxygen atoms in total. The highest BCUT2D eigenvalue weighted by atomic mass is 79.9. The van der Waals surface area contributed by atoms with E-state index in [0.717, 1.165) is 10.0 Å². The second-order valence-corrected chi connectivity index (χ2v) is 7.15. The average Bonchev–Trinajstić information content (AvgIpc) is 2.46. The first-order valence-corrected chi connectivity index (χ1v) is 8.41. The third-order valence-electron chi connectivity index (χ3n) is 3.29. The number of ketones is 1. The molecule has 0 aromatic heterocycles. The van der Waals surface area contributed by atoms with Crippen LogP contribution in [0.25, 0.3) is 0 Å². The van der Waals surface area contributed by atoms with Gasteiger partial charge in [0.25, 0.3) is 0 Å². The SMILES string of the molecule is O=C1c2c(cc(Br)c(O)c2Br)N=CC1c1ccc(Br)cc1. The summed E-state index contributed by atoms with van der Waals surface area (Å²) in [5, 5.41) is 9.97. The minimum atomic E-state index is -0.442. The number of phenols is 1. The fraction of sp³-hybridized carbons (Fsp3) is 0.0667. The van der Waals surface area contributed by atoms with Gasteiger partial charge in [0, 0.05) is 10.7 Å². The molecule has 21 heavy (non-hydrogen) atoms. The van der Waals surface area contributed by atoms with E-state index in [0.29, 0.717) is 20.2 Å². The van der Waals surface area contributed by atoms with E-state index in [1.807, 2.05) is 24.3 Å². The maximum absolute atomic E-state index is 12.7. The topological polar surface area (TPSA) is 49.7 Å². The molecule has 2 aromatic rings. The Hall–Kier alpha value is -0.980. The molecule has 0 saturated heterocycles. The van der Waals surface area contributed by atoms with Crippen molar-refractivity contribution in [3.05, 3.63) is 54.9 Å². The molecule has 1 unspecified atom stereocenters. The summed E-state index contributed by atoms with van der Waals surface area (Å²) in [7, 11) is 0. The number of halogens is 3. The standard InChI is InChI=1S/C15H8Br3NO2/c16-8-3-1-7(2-4-8)9-6-19-11-5-10(17)15(21)13(18)12(11)14(9)20/h1-6,9,21H. The molecule has 3 rings (SSSR count). The number of carbonyl (C=O) groups is 1. The first-order chi connectivity index (χ1) is 9.99. The van der Waals surface area contributed by atoms with Crippen LogP contribution in [0.4, 0.5) is 5.69 Å². The molecular weight excluding hydrogens is 466 g/mol. The van der Waals surface area contributed by atoms with E-state index in [2.05, 4.69) is 52.8 Å². The smallest absolute Gasteiger partial charge is 0.179 e. The second kappa shape index (κ2) is 5.66. The molecule has 6 heteroatoms. The third kappa shape index (κ3) is 2.60. The van der Waals surface area contributed by atoms with Crippen molar-refractivity contribution in [2.45, 2.75) is 5.92 Å². The summed E-state index contributed by atoms with van der Waals surface area (Å²) < 4.78 is 1.82. The quantitative estimate of drug-likeness (QED) is 0.606. The zero-order valence-corrected chi connectivity index (χ0v) is 15.2. The summed E-state index contributed by atoms with van der Waals surface area (Å²) in [6, 6.07) is 9.19. The van der Waals surface area contributed by atoms with Crippen LogP contribution in [0.5, 0.6) is 5.75 Å². The number of hydrogen-bond acceptors (Lipinski definition) is 3. The molecule has 1 aliphatic rings. The average molecular weight is 474 g/mol. The third-order valence-corrected chi connectivity index (χ3v) is 5.20. The van der Waals surface area contributed by atoms with Gasteiger partial charge >= 0.3 is 0 Å². The van der Waals surface area contributed by atoms with Crippen molar-refractivity contribution in [1.82, 2.24) is 0 Å². The van der Waals surface area contributed by atoms with E-state index in [1.165, 1.54) is 0 Å². The van der Waals surface area contributed by atoms with E-state index in [4.69, 9.17) is 0 Å². The fourth-order valence-corrected chi connectivity index (χ4v) is 3.78. The van der Waals surface area contributed by atoms with E-state index in [-0.39, 0.29) is 11.5 Å². The lowest BCUT2D eigenvalue weighted by molar-refractivity contribution is 0.0982. The van der Waals surface area contributed by atoms with Crippen LogP contribution < -0.4 is 0 Å². The zero-order chi connectivity index (χ0) is 15.1. The van der Waals surface area contributed by atoms with Crippen LogP contribution in [-0.4, -0.2) is 17.1 Å². The Balaban J connectivity index is 2.11. The zero-order valence-electron chi connectivity index (χ0n) is 10.5.